The van der Waals surface area contributed by atoms with Crippen LogP contribution < -0.4 is 10.3 Å². The molecule has 0 aliphatic carbocycles. The van der Waals surface area contributed by atoms with E-state index in [1.54, 1.807) is 35.9 Å². The van der Waals surface area contributed by atoms with Gasteiger partial charge in [-0.25, -0.2) is 4.98 Å². The van der Waals surface area contributed by atoms with Crippen molar-refractivity contribution in [1.82, 2.24) is 14.7 Å². The van der Waals surface area contributed by atoms with Gasteiger partial charge in [0.05, 0.1) is 40.2 Å². The van der Waals surface area contributed by atoms with Gasteiger partial charge in [0.1, 0.15) is 11.5 Å². The van der Waals surface area contributed by atoms with Crippen molar-refractivity contribution < 1.29 is 9.26 Å². The zero-order valence-electron chi connectivity index (χ0n) is 15.2. The fourth-order valence-corrected chi connectivity index (χ4v) is 3.99. The van der Waals surface area contributed by atoms with Crippen molar-refractivity contribution in [3.05, 3.63) is 75.4 Å². The predicted octanol–water partition coefficient (Wildman–Crippen LogP) is 4.64. The van der Waals surface area contributed by atoms with Crippen LogP contribution in [0.25, 0.3) is 16.6 Å². The molecule has 0 spiro atoms. The second-order valence-corrected chi connectivity index (χ2v) is 7.44. The molecular weight excluding hydrogens is 398 g/mol. The van der Waals surface area contributed by atoms with E-state index in [-0.39, 0.29) is 5.56 Å². The topological polar surface area (TPSA) is 70.2 Å². The summed E-state index contributed by atoms with van der Waals surface area (Å²) in [5, 5.41) is 5.39. The van der Waals surface area contributed by atoms with E-state index in [1.807, 2.05) is 31.2 Å². The van der Waals surface area contributed by atoms with Gasteiger partial charge in [-0.1, -0.05) is 40.7 Å². The Morgan fingerprint density at radius 1 is 1.21 bits per heavy atom. The predicted molar refractivity (Wildman–Crippen MR) is 110 cm³/mol. The molecule has 0 saturated carbocycles. The Bertz CT molecular complexity index is 1220. The Morgan fingerprint density at radius 3 is 2.75 bits per heavy atom. The van der Waals surface area contributed by atoms with Crippen molar-refractivity contribution in [2.45, 2.75) is 17.8 Å². The molecule has 2 aromatic heterocycles. The number of methoxy groups -OCH3 is 1. The normalized spacial score (nSPS) is 11.1. The van der Waals surface area contributed by atoms with Gasteiger partial charge in [0.25, 0.3) is 5.56 Å². The van der Waals surface area contributed by atoms with Gasteiger partial charge in [-0.3, -0.25) is 9.36 Å². The Morgan fingerprint density at radius 2 is 2.04 bits per heavy atom. The van der Waals surface area contributed by atoms with E-state index in [0.717, 1.165) is 5.69 Å². The lowest BCUT2D eigenvalue weighted by Crippen LogP contribution is -2.21. The SMILES string of the molecule is COc1ccc(-n2c(SCc3cc(C)no3)nc3ccccc3c2=O)cc1Cl. The number of aryl methyl sites for hydroxylation is 1. The van der Waals surface area contributed by atoms with E-state index in [2.05, 4.69) is 5.16 Å². The van der Waals surface area contributed by atoms with Gasteiger partial charge in [-0.05, 0) is 37.3 Å². The zero-order chi connectivity index (χ0) is 19.7. The highest BCUT2D eigenvalue weighted by Crippen LogP contribution is 2.29. The molecule has 0 saturated heterocycles. The van der Waals surface area contributed by atoms with Crippen molar-refractivity contribution >= 4 is 34.3 Å². The van der Waals surface area contributed by atoms with Crippen LogP contribution in [-0.2, 0) is 5.75 Å². The largest absolute Gasteiger partial charge is 0.495 e. The van der Waals surface area contributed by atoms with Gasteiger partial charge < -0.3 is 9.26 Å². The van der Waals surface area contributed by atoms with Gasteiger partial charge >= 0.3 is 0 Å². The monoisotopic (exact) mass is 413 g/mol. The molecule has 0 N–H and O–H groups in total. The first-order valence-corrected chi connectivity index (χ1v) is 9.84. The molecule has 142 valence electrons. The molecule has 0 amide bonds. The van der Waals surface area contributed by atoms with Crippen LogP contribution in [0.15, 0.2) is 63.0 Å². The molecule has 28 heavy (non-hydrogen) atoms. The second-order valence-electron chi connectivity index (χ2n) is 6.09. The minimum absolute atomic E-state index is 0.164. The molecule has 2 aromatic carbocycles. The van der Waals surface area contributed by atoms with Crippen LogP contribution in [0.4, 0.5) is 0 Å². The molecule has 6 nitrogen and oxygen atoms in total. The van der Waals surface area contributed by atoms with Crippen LogP contribution in [0.5, 0.6) is 5.75 Å². The Balaban J connectivity index is 1.85. The average molecular weight is 414 g/mol. The smallest absolute Gasteiger partial charge is 0.266 e. The highest BCUT2D eigenvalue weighted by Gasteiger charge is 2.15. The molecule has 0 fully saturated rings. The number of fused-ring (bicyclic) bond motifs is 1. The maximum atomic E-state index is 13.2. The molecule has 4 rings (SSSR count). The Labute approximate surface area is 170 Å². The minimum Gasteiger partial charge on any atom is -0.495 e. The van der Waals surface area contributed by atoms with E-state index < -0.39 is 0 Å². The maximum Gasteiger partial charge on any atom is 0.266 e. The first-order chi connectivity index (χ1) is 13.6. The van der Waals surface area contributed by atoms with Gasteiger partial charge in [0, 0.05) is 6.07 Å². The minimum atomic E-state index is -0.164. The number of aromatic nitrogens is 3. The van der Waals surface area contributed by atoms with Gasteiger partial charge in [0.2, 0.25) is 0 Å². The number of para-hydroxylation sites is 1. The molecule has 0 bridgehead atoms. The number of ether oxygens (including phenoxy) is 1. The summed E-state index contributed by atoms with van der Waals surface area (Å²) in [7, 11) is 1.55. The third-order valence-electron chi connectivity index (χ3n) is 4.16. The maximum absolute atomic E-state index is 13.2. The van der Waals surface area contributed by atoms with E-state index in [4.69, 9.17) is 25.8 Å². The van der Waals surface area contributed by atoms with Gasteiger partial charge in [-0.15, -0.1) is 0 Å². The summed E-state index contributed by atoms with van der Waals surface area (Å²) in [5.41, 5.74) is 1.90. The molecule has 0 atom stereocenters. The lowest BCUT2D eigenvalue weighted by Gasteiger charge is -2.14. The Hall–Kier alpha value is -2.77. The van der Waals surface area contributed by atoms with Gasteiger partial charge in [0.15, 0.2) is 5.16 Å². The highest BCUT2D eigenvalue weighted by molar-refractivity contribution is 7.98. The van der Waals surface area contributed by atoms with Crippen LogP contribution in [-0.4, -0.2) is 21.8 Å². The molecular formula is C20H16ClN3O3S. The number of hydrogen-bond donors (Lipinski definition) is 0. The molecule has 2 heterocycles. The molecule has 4 aromatic rings. The van der Waals surface area contributed by atoms with E-state index in [0.29, 0.717) is 44.0 Å². The molecule has 8 heteroatoms. The van der Waals surface area contributed by atoms with Gasteiger partial charge in [-0.2, -0.15) is 0 Å². The molecule has 0 aliphatic heterocycles. The average Bonchev–Trinajstić information content (AvgIpc) is 3.12. The summed E-state index contributed by atoms with van der Waals surface area (Å²) in [6, 6.07) is 14.3. The lowest BCUT2D eigenvalue weighted by molar-refractivity contribution is 0.391. The summed E-state index contributed by atoms with van der Waals surface area (Å²) >= 11 is 7.68. The molecule has 0 aliphatic rings. The number of hydrogen-bond acceptors (Lipinski definition) is 6. The number of benzene rings is 2. The summed E-state index contributed by atoms with van der Waals surface area (Å²) in [6.07, 6.45) is 0. The van der Waals surface area contributed by atoms with Crippen molar-refractivity contribution in [3.63, 3.8) is 0 Å². The zero-order valence-corrected chi connectivity index (χ0v) is 16.8. The van der Waals surface area contributed by atoms with Crippen LogP contribution in [0.1, 0.15) is 11.5 Å². The standard InChI is InChI=1S/C20H16ClN3O3S/c1-12-9-14(27-23-12)11-28-20-22-17-6-4-3-5-15(17)19(25)24(20)13-7-8-18(26-2)16(21)10-13/h3-10H,11H2,1-2H3. The first kappa shape index (κ1) is 18.6. The van der Waals surface area contributed by atoms with Crippen molar-refractivity contribution in [2.75, 3.05) is 7.11 Å². The van der Waals surface area contributed by atoms with Crippen LogP contribution in [0, 0.1) is 6.92 Å². The quantitative estimate of drug-likeness (QED) is 0.350. The molecule has 0 unspecified atom stereocenters. The van der Waals surface area contributed by atoms with E-state index >= 15 is 0 Å². The third-order valence-corrected chi connectivity index (χ3v) is 5.42. The summed E-state index contributed by atoms with van der Waals surface area (Å²) < 4.78 is 12.0. The summed E-state index contributed by atoms with van der Waals surface area (Å²) in [5.74, 6) is 1.75. The summed E-state index contributed by atoms with van der Waals surface area (Å²) in [4.78, 5) is 17.9. The van der Waals surface area contributed by atoms with E-state index in [1.165, 1.54) is 11.8 Å². The van der Waals surface area contributed by atoms with Crippen molar-refractivity contribution in [2.24, 2.45) is 0 Å². The first-order valence-electron chi connectivity index (χ1n) is 8.47. The number of thioether (sulfide) groups is 1. The highest BCUT2D eigenvalue weighted by atomic mass is 35.5. The lowest BCUT2D eigenvalue weighted by atomic mass is 10.2. The number of rotatable bonds is 5. The molecule has 0 radical (unpaired) electrons. The second kappa shape index (κ2) is 7.69. The summed E-state index contributed by atoms with van der Waals surface area (Å²) in [6.45, 7) is 1.86. The fourth-order valence-electron chi connectivity index (χ4n) is 2.85. The van der Waals surface area contributed by atoms with Crippen molar-refractivity contribution in [3.8, 4) is 11.4 Å². The number of nitrogens with zero attached hydrogens (tertiary/aromatic N) is 3. The van der Waals surface area contributed by atoms with Crippen LogP contribution in [0.3, 0.4) is 0 Å². The fraction of sp³-hybridized carbons (Fsp3) is 0.150. The third kappa shape index (κ3) is 3.50. The van der Waals surface area contributed by atoms with Crippen LogP contribution >= 0.6 is 23.4 Å². The van der Waals surface area contributed by atoms with E-state index in [9.17, 15) is 4.79 Å². The van der Waals surface area contributed by atoms with Crippen molar-refractivity contribution in [1.29, 1.82) is 0 Å². The Kier molecular flexibility index (Phi) is 5.11. The number of halogens is 1. The van der Waals surface area contributed by atoms with Crippen LogP contribution in [0.2, 0.25) is 5.02 Å².